The van der Waals surface area contributed by atoms with Gasteiger partial charge in [-0.2, -0.15) is 13.2 Å². The Morgan fingerprint density at radius 2 is 1.90 bits per heavy atom. The van der Waals surface area contributed by atoms with Crippen LogP contribution in [0, 0.1) is 5.92 Å². The van der Waals surface area contributed by atoms with Gasteiger partial charge in [-0.15, -0.1) is 0 Å². The standard InChI is InChI=1S/C17H24F3N/c1-2-21-16(11-13-7-4-3-5-8-13)14-9-6-10-15(12-14)17(18,19)20/h6,9-10,12-13,16,21H,2-5,7-8,11H2,1H3. The van der Waals surface area contributed by atoms with E-state index in [4.69, 9.17) is 0 Å². The summed E-state index contributed by atoms with van der Waals surface area (Å²) in [7, 11) is 0. The first-order valence-corrected chi connectivity index (χ1v) is 7.91. The number of benzene rings is 1. The first-order valence-electron chi connectivity index (χ1n) is 7.91. The molecule has 4 heteroatoms. The lowest BCUT2D eigenvalue weighted by atomic mass is 9.83. The monoisotopic (exact) mass is 299 g/mol. The SMILES string of the molecule is CCNC(CC1CCCCC1)c1cccc(C(F)(F)F)c1. The summed E-state index contributed by atoms with van der Waals surface area (Å²) in [5, 5.41) is 3.36. The van der Waals surface area contributed by atoms with E-state index in [0.717, 1.165) is 24.6 Å². The maximum Gasteiger partial charge on any atom is 0.416 e. The number of hydrogen-bond donors (Lipinski definition) is 1. The third kappa shape index (κ3) is 4.73. The van der Waals surface area contributed by atoms with Gasteiger partial charge in [0.1, 0.15) is 0 Å². The lowest BCUT2D eigenvalue weighted by Crippen LogP contribution is -2.24. The molecule has 0 radical (unpaired) electrons. The van der Waals surface area contributed by atoms with E-state index >= 15 is 0 Å². The molecule has 1 fully saturated rings. The molecule has 118 valence electrons. The highest BCUT2D eigenvalue weighted by molar-refractivity contribution is 5.28. The summed E-state index contributed by atoms with van der Waals surface area (Å²) in [6.07, 6.45) is 2.90. The van der Waals surface area contributed by atoms with Crippen LogP contribution in [0.25, 0.3) is 0 Å². The summed E-state index contributed by atoms with van der Waals surface area (Å²) < 4.78 is 38.6. The van der Waals surface area contributed by atoms with Crippen LogP contribution in [0.5, 0.6) is 0 Å². The zero-order valence-electron chi connectivity index (χ0n) is 12.5. The van der Waals surface area contributed by atoms with Gasteiger partial charge in [0.05, 0.1) is 5.56 Å². The molecule has 0 amide bonds. The molecule has 0 aromatic heterocycles. The molecule has 1 aliphatic carbocycles. The zero-order valence-corrected chi connectivity index (χ0v) is 12.5. The molecule has 0 heterocycles. The van der Waals surface area contributed by atoms with E-state index < -0.39 is 11.7 Å². The van der Waals surface area contributed by atoms with Gasteiger partial charge in [-0.1, -0.05) is 51.2 Å². The van der Waals surface area contributed by atoms with Crippen molar-refractivity contribution in [3.63, 3.8) is 0 Å². The van der Waals surface area contributed by atoms with Crippen molar-refractivity contribution in [3.05, 3.63) is 35.4 Å². The Kier molecular flexibility index (Phi) is 5.68. The van der Waals surface area contributed by atoms with Gasteiger partial charge in [0.25, 0.3) is 0 Å². The second-order valence-electron chi connectivity index (χ2n) is 5.97. The second-order valence-corrected chi connectivity index (χ2v) is 5.97. The number of alkyl halides is 3. The van der Waals surface area contributed by atoms with E-state index in [1.54, 1.807) is 0 Å². The molecule has 1 saturated carbocycles. The Bertz CT molecular complexity index is 436. The van der Waals surface area contributed by atoms with E-state index in [2.05, 4.69) is 5.32 Å². The van der Waals surface area contributed by atoms with Gasteiger partial charge in [-0.25, -0.2) is 0 Å². The van der Waals surface area contributed by atoms with Crippen molar-refractivity contribution < 1.29 is 13.2 Å². The molecule has 0 bridgehead atoms. The summed E-state index contributed by atoms with van der Waals surface area (Å²) >= 11 is 0. The van der Waals surface area contributed by atoms with E-state index in [1.165, 1.54) is 44.2 Å². The van der Waals surface area contributed by atoms with Crippen molar-refractivity contribution in [1.29, 1.82) is 0 Å². The molecule has 0 spiro atoms. The summed E-state index contributed by atoms with van der Waals surface area (Å²) in [5.41, 5.74) is 0.212. The van der Waals surface area contributed by atoms with Crippen molar-refractivity contribution in [2.75, 3.05) is 6.54 Å². The van der Waals surface area contributed by atoms with Crippen molar-refractivity contribution in [2.45, 2.75) is 57.7 Å². The molecular weight excluding hydrogens is 275 g/mol. The van der Waals surface area contributed by atoms with Gasteiger partial charge < -0.3 is 5.32 Å². The van der Waals surface area contributed by atoms with Gasteiger partial charge in [-0.3, -0.25) is 0 Å². The normalized spacial score (nSPS) is 18.7. The Morgan fingerprint density at radius 1 is 1.19 bits per heavy atom. The van der Waals surface area contributed by atoms with E-state index in [1.807, 2.05) is 13.0 Å². The highest BCUT2D eigenvalue weighted by Crippen LogP contribution is 2.34. The highest BCUT2D eigenvalue weighted by atomic mass is 19.4. The van der Waals surface area contributed by atoms with Crippen LogP contribution in [0.2, 0.25) is 0 Å². The number of rotatable bonds is 5. The zero-order chi connectivity index (χ0) is 15.3. The summed E-state index contributed by atoms with van der Waals surface area (Å²) in [6.45, 7) is 2.77. The Balaban J connectivity index is 2.13. The quantitative estimate of drug-likeness (QED) is 0.775. The van der Waals surface area contributed by atoms with Gasteiger partial charge in [0, 0.05) is 6.04 Å². The summed E-state index contributed by atoms with van der Waals surface area (Å²) in [6, 6.07) is 5.80. The van der Waals surface area contributed by atoms with Crippen LogP contribution < -0.4 is 5.32 Å². The Morgan fingerprint density at radius 3 is 2.52 bits per heavy atom. The lowest BCUT2D eigenvalue weighted by Gasteiger charge is -2.27. The van der Waals surface area contributed by atoms with Crippen LogP contribution >= 0.6 is 0 Å². The van der Waals surface area contributed by atoms with Crippen LogP contribution in [-0.4, -0.2) is 6.54 Å². The molecule has 1 nitrogen and oxygen atoms in total. The fraction of sp³-hybridized carbons (Fsp3) is 0.647. The first kappa shape index (κ1) is 16.3. The minimum absolute atomic E-state index is 0.0281. The fourth-order valence-electron chi connectivity index (χ4n) is 3.27. The van der Waals surface area contributed by atoms with Gasteiger partial charge in [0.2, 0.25) is 0 Å². The average molecular weight is 299 g/mol. The van der Waals surface area contributed by atoms with E-state index in [0.29, 0.717) is 5.92 Å². The van der Waals surface area contributed by atoms with Crippen LogP contribution in [-0.2, 0) is 6.18 Å². The molecule has 0 aliphatic heterocycles. The predicted octanol–water partition coefficient (Wildman–Crippen LogP) is 5.33. The summed E-state index contributed by atoms with van der Waals surface area (Å²) in [5.74, 6) is 0.636. The maximum atomic E-state index is 12.9. The smallest absolute Gasteiger partial charge is 0.310 e. The molecule has 1 aromatic carbocycles. The van der Waals surface area contributed by atoms with Gasteiger partial charge >= 0.3 is 6.18 Å². The van der Waals surface area contributed by atoms with Crippen LogP contribution in [0.15, 0.2) is 24.3 Å². The van der Waals surface area contributed by atoms with Crippen molar-refractivity contribution in [3.8, 4) is 0 Å². The largest absolute Gasteiger partial charge is 0.416 e. The number of hydrogen-bond acceptors (Lipinski definition) is 1. The van der Waals surface area contributed by atoms with Gasteiger partial charge in [-0.05, 0) is 36.6 Å². The third-order valence-corrected chi connectivity index (χ3v) is 4.36. The highest BCUT2D eigenvalue weighted by Gasteiger charge is 2.31. The average Bonchev–Trinajstić information content (AvgIpc) is 2.47. The summed E-state index contributed by atoms with van der Waals surface area (Å²) in [4.78, 5) is 0. The molecule has 1 N–H and O–H groups in total. The molecule has 0 saturated heterocycles. The third-order valence-electron chi connectivity index (χ3n) is 4.36. The molecule has 1 atom stereocenters. The molecule has 21 heavy (non-hydrogen) atoms. The van der Waals surface area contributed by atoms with E-state index in [9.17, 15) is 13.2 Å². The predicted molar refractivity (Wildman–Crippen MR) is 79.1 cm³/mol. The molecule has 1 aromatic rings. The van der Waals surface area contributed by atoms with Crippen LogP contribution in [0.1, 0.15) is 62.6 Å². The van der Waals surface area contributed by atoms with Crippen molar-refractivity contribution in [2.24, 2.45) is 5.92 Å². The fourth-order valence-corrected chi connectivity index (χ4v) is 3.27. The molecule has 1 unspecified atom stereocenters. The van der Waals surface area contributed by atoms with Crippen LogP contribution in [0.3, 0.4) is 0 Å². The molecule has 2 rings (SSSR count). The second kappa shape index (κ2) is 7.30. The minimum Gasteiger partial charge on any atom is -0.310 e. The maximum absolute atomic E-state index is 12.9. The lowest BCUT2D eigenvalue weighted by molar-refractivity contribution is -0.137. The topological polar surface area (TPSA) is 12.0 Å². The Labute approximate surface area is 124 Å². The number of nitrogens with one attached hydrogen (secondary N) is 1. The van der Waals surface area contributed by atoms with Crippen molar-refractivity contribution in [1.82, 2.24) is 5.32 Å². The van der Waals surface area contributed by atoms with Gasteiger partial charge in [0.15, 0.2) is 0 Å². The minimum atomic E-state index is -4.27. The molecule has 1 aliphatic rings. The van der Waals surface area contributed by atoms with E-state index in [-0.39, 0.29) is 6.04 Å². The molecular formula is C17H24F3N. The Hall–Kier alpha value is -1.03. The van der Waals surface area contributed by atoms with Crippen molar-refractivity contribution >= 4 is 0 Å². The van der Waals surface area contributed by atoms with Crippen LogP contribution in [0.4, 0.5) is 13.2 Å². The number of halogens is 3. The first-order chi connectivity index (χ1) is 10.0.